The lowest BCUT2D eigenvalue weighted by Crippen LogP contribution is -2.28. The number of aromatic nitrogens is 2. The Morgan fingerprint density at radius 2 is 1.94 bits per heavy atom. The second-order valence-electron chi connectivity index (χ2n) is 4.63. The van der Waals surface area contributed by atoms with Crippen LogP contribution in [0.4, 0.5) is 0 Å². The standard InChI is InChI=1S/C10H19N3O3S/c1-6(2)8(11)5-9-12-10(13-16-9)7(3)17(4,14)15/h6-8H,5,11H2,1-4H3. The molecule has 1 aromatic heterocycles. The molecule has 0 saturated carbocycles. The van der Waals surface area contributed by atoms with Crippen molar-refractivity contribution in [3.8, 4) is 0 Å². The van der Waals surface area contributed by atoms with Crippen molar-refractivity contribution < 1.29 is 12.9 Å². The average Bonchev–Trinajstić information content (AvgIpc) is 2.63. The van der Waals surface area contributed by atoms with Crippen LogP contribution in [0.1, 0.15) is 37.7 Å². The Morgan fingerprint density at radius 1 is 1.35 bits per heavy atom. The highest BCUT2D eigenvalue weighted by Crippen LogP contribution is 2.18. The molecule has 0 bridgehead atoms. The van der Waals surface area contributed by atoms with Gasteiger partial charge in [-0.3, -0.25) is 0 Å². The van der Waals surface area contributed by atoms with Crippen LogP contribution in [-0.4, -0.2) is 30.9 Å². The molecule has 1 rings (SSSR count). The van der Waals surface area contributed by atoms with E-state index in [4.69, 9.17) is 10.3 Å². The number of hydrogen-bond acceptors (Lipinski definition) is 6. The Balaban J connectivity index is 2.79. The maximum atomic E-state index is 11.3. The summed E-state index contributed by atoms with van der Waals surface area (Å²) >= 11 is 0. The summed E-state index contributed by atoms with van der Waals surface area (Å²) in [5.74, 6) is 0.882. The number of sulfone groups is 1. The van der Waals surface area contributed by atoms with Crippen LogP contribution in [0, 0.1) is 5.92 Å². The van der Waals surface area contributed by atoms with Gasteiger partial charge in [0.1, 0.15) is 5.25 Å². The molecule has 17 heavy (non-hydrogen) atoms. The topological polar surface area (TPSA) is 99.1 Å². The predicted octanol–water partition coefficient (Wildman–Crippen LogP) is 0.701. The van der Waals surface area contributed by atoms with Crippen molar-refractivity contribution >= 4 is 9.84 Å². The smallest absolute Gasteiger partial charge is 0.228 e. The van der Waals surface area contributed by atoms with E-state index >= 15 is 0 Å². The van der Waals surface area contributed by atoms with Crippen LogP contribution in [0.5, 0.6) is 0 Å². The van der Waals surface area contributed by atoms with Gasteiger partial charge in [0.2, 0.25) is 5.89 Å². The van der Waals surface area contributed by atoms with Crippen LogP contribution in [-0.2, 0) is 16.3 Å². The van der Waals surface area contributed by atoms with Crippen LogP contribution in [0.3, 0.4) is 0 Å². The van der Waals surface area contributed by atoms with E-state index in [1.165, 1.54) is 6.92 Å². The molecule has 0 aromatic carbocycles. The first-order chi connectivity index (χ1) is 7.71. The Kier molecular flexibility index (Phi) is 4.26. The molecule has 2 atom stereocenters. The van der Waals surface area contributed by atoms with Gasteiger partial charge in [-0.2, -0.15) is 4.98 Å². The quantitative estimate of drug-likeness (QED) is 0.837. The van der Waals surface area contributed by atoms with Crippen molar-refractivity contribution in [2.45, 2.75) is 38.5 Å². The van der Waals surface area contributed by atoms with E-state index in [1.807, 2.05) is 13.8 Å². The third kappa shape index (κ3) is 3.78. The molecular formula is C10H19N3O3S. The largest absolute Gasteiger partial charge is 0.339 e. The highest BCUT2D eigenvalue weighted by atomic mass is 32.2. The van der Waals surface area contributed by atoms with Crippen molar-refractivity contribution in [3.63, 3.8) is 0 Å². The molecule has 0 amide bonds. The fourth-order valence-electron chi connectivity index (χ4n) is 1.14. The predicted molar refractivity (Wildman–Crippen MR) is 64.1 cm³/mol. The van der Waals surface area contributed by atoms with Gasteiger partial charge in [0.05, 0.1) is 0 Å². The van der Waals surface area contributed by atoms with Crippen LogP contribution < -0.4 is 5.73 Å². The Morgan fingerprint density at radius 3 is 2.41 bits per heavy atom. The van der Waals surface area contributed by atoms with Gasteiger partial charge in [-0.05, 0) is 12.8 Å². The monoisotopic (exact) mass is 261 g/mol. The van der Waals surface area contributed by atoms with E-state index in [-0.39, 0.29) is 11.9 Å². The maximum Gasteiger partial charge on any atom is 0.228 e. The Labute approximate surface area is 102 Å². The molecule has 0 saturated heterocycles. The minimum Gasteiger partial charge on any atom is -0.339 e. The lowest BCUT2D eigenvalue weighted by atomic mass is 10.0. The minimum absolute atomic E-state index is 0.0724. The molecule has 0 radical (unpaired) electrons. The highest BCUT2D eigenvalue weighted by molar-refractivity contribution is 7.90. The minimum atomic E-state index is -3.20. The molecule has 6 nitrogen and oxygen atoms in total. The van der Waals surface area contributed by atoms with E-state index in [0.717, 1.165) is 6.26 Å². The first-order valence-electron chi connectivity index (χ1n) is 5.48. The lowest BCUT2D eigenvalue weighted by Gasteiger charge is -2.12. The van der Waals surface area contributed by atoms with Crippen molar-refractivity contribution in [1.29, 1.82) is 0 Å². The van der Waals surface area contributed by atoms with Crippen molar-refractivity contribution in [1.82, 2.24) is 10.1 Å². The Hall–Kier alpha value is -0.950. The van der Waals surface area contributed by atoms with Crippen LogP contribution in [0.25, 0.3) is 0 Å². The summed E-state index contributed by atoms with van der Waals surface area (Å²) in [6.45, 7) is 5.54. The van der Waals surface area contributed by atoms with E-state index in [2.05, 4.69) is 10.1 Å². The molecule has 98 valence electrons. The third-order valence-electron chi connectivity index (χ3n) is 2.76. The van der Waals surface area contributed by atoms with E-state index in [1.54, 1.807) is 0 Å². The zero-order chi connectivity index (χ0) is 13.2. The van der Waals surface area contributed by atoms with Gasteiger partial charge < -0.3 is 10.3 Å². The maximum absolute atomic E-state index is 11.3. The number of nitrogens with zero attached hydrogens (tertiary/aromatic N) is 2. The molecule has 1 aromatic rings. The average molecular weight is 261 g/mol. The van der Waals surface area contributed by atoms with Gasteiger partial charge in [0.15, 0.2) is 15.7 Å². The second-order valence-corrected chi connectivity index (χ2v) is 7.00. The highest BCUT2D eigenvalue weighted by Gasteiger charge is 2.23. The lowest BCUT2D eigenvalue weighted by molar-refractivity contribution is 0.349. The van der Waals surface area contributed by atoms with Crippen molar-refractivity contribution in [2.75, 3.05) is 6.26 Å². The zero-order valence-corrected chi connectivity index (χ0v) is 11.4. The molecule has 2 unspecified atom stereocenters. The van der Waals surface area contributed by atoms with Crippen molar-refractivity contribution in [2.24, 2.45) is 11.7 Å². The van der Waals surface area contributed by atoms with Crippen LogP contribution in [0.2, 0.25) is 0 Å². The van der Waals surface area contributed by atoms with Gasteiger partial charge in [-0.25, -0.2) is 8.42 Å². The Bertz CT molecular complexity index is 467. The van der Waals surface area contributed by atoms with Crippen molar-refractivity contribution in [3.05, 3.63) is 11.7 Å². The second kappa shape index (κ2) is 5.14. The molecule has 0 spiro atoms. The fourth-order valence-corrected chi connectivity index (χ4v) is 1.62. The normalized spacial score (nSPS) is 16.1. The van der Waals surface area contributed by atoms with Gasteiger partial charge in [0.25, 0.3) is 0 Å². The summed E-state index contributed by atoms with van der Waals surface area (Å²) in [4.78, 5) is 4.06. The molecule has 2 N–H and O–H groups in total. The van der Waals surface area contributed by atoms with E-state index in [9.17, 15) is 8.42 Å². The van der Waals surface area contributed by atoms with Gasteiger partial charge in [-0.15, -0.1) is 0 Å². The van der Waals surface area contributed by atoms with Crippen LogP contribution in [0.15, 0.2) is 4.52 Å². The van der Waals surface area contributed by atoms with Crippen LogP contribution >= 0.6 is 0 Å². The van der Waals surface area contributed by atoms with Gasteiger partial charge in [-0.1, -0.05) is 19.0 Å². The zero-order valence-electron chi connectivity index (χ0n) is 10.5. The summed E-state index contributed by atoms with van der Waals surface area (Å²) in [7, 11) is -3.20. The van der Waals surface area contributed by atoms with Gasteiger partial charge >= 0.3 is 0 Å². The molecule has 0 aliphatic heterocycles. The first-order valence-corrected chi connectivity index (χ1v) is 7.44. The van der Waals surface area contributed by atoms with E-state index < -0.39 is 15.1 Å². The summed E-state index contributed by atoms with van der Waals surface area (Å²) in [5.41, 5.74) is 5.87. The number of nitrogens with two attached hydrogens (primary N) is 1. The number of hydrogen-bond donors (Lipinski definition) is 1. The summed E-state index contributed by atoms with van der Waals surface area (Å²) in [6, 6.07) is -0.0724. The fraction of sp³-hybridized carbons (Fsp3) is 0.800. The molecule has 1 heterocycles. The number of rotatable bonds is 5. The first kappa shape index (κ1) is 14.1. The molecule has 0 aliphatic rings. The summed E-state index contributed by atoms with van der Waals surface area (Å²) in [5, 5.41) is 2.92. The van der Waals surface area contributed by atoms with Gasteiger partial charge in [0, 0.05) is 18.7 Å². The summed E-state index contributed by atoms with van der Waals surface area (Å²) in [6.07, 6.45) is 1.61. The third-order valence-corrected chi connectivity index (χ3v) is 4.25. The summed E-state index contributed by atoms with van der Waals surface area (Å²) < 4.78 is 27.6. The molecule has 0 aliphatic carbocycles. The van der Waals surface area contributed by atoms with E-state index in [0.29, 0.717) is 18.2 Å². The molecule has 7 heteroatoms. The molecular weight excluding hydrogens is 242 g/mol. The SMILES string of the molecule is CC(C)C(N)Cc1nc(C(C)S(C)(=O)=O)no1. The molecule has 0 fully saturated rings.